The zero-order valence-corrected chi connectivity index (χ0v) is 20.8. The maximum atomic E-state index is 12.5. The molecule has 0 aliphatic heterocycles. The molecule has 1 aromatic heterocycles. The maximum absolute atomic E-state index is 12.5. The van der Waals surface area contributed by atoms with Gasteiger partial charge in [-0.2, -0.15) is 0 Å². The number of urea groups is 1. The smallest absolute Gasteiger partial charge is 0.319 e. The van der Waals surface area contributed by atoms with Gasteiger partial charge in [0, 0.05) is 49.5 Å². The second-order valence-electron chi connectivity index (χ2n) is 9.60. The Morgan fingerprint density at radius 3 is 2.56 bits per heavy atom. The van der Waals surface area contributed by atoms with Crippen LogP contribution in [-0.4, -0.2) is 37.7 Å². The largest absolute Gasteiger partial charge is 0.377 e. The lowest BCUT2D eigenvalue weighted by Gasteiger charge is -2.30. The fourth-order valence-corrected chi connectivity index (χ4v) is 4.92. The van der Waals surface area contributed by atoms with E-state index < -0.39 is 0 Å². The summed E-state index contributed by atoms with van der Waals surface area (Å²) in [7, 11) is 4.14. The molecular weight excluding hydrogens is 422 g/mol. The molecule has 2 amide bonds. The number of nitrogens with one attached hydrogen (secondary N) is 3. The molecule has 6 heteroatoms. The maximum Gasteiger partial charge on any atom is 0.319 e. The predicted molar refractivity (Wildman–Crippen MR) is 143 cm³/mol. The van der Waals surface area contributed by atoms with Crippen LogP contribution in [0, 0.1) is 12.8 Å². The van der Waals surface area contributed by atoms with Gasteiger partial charge in [0.05, 0.1) is 5.52 Å². The number of amides is 2. The molecule has 1 heterocycles. The highest BCUT2D eigenvalue weighted by Gasteiger charge is 2.22. The first-order chi connectivity index (χ1) is 16.4. The van der Waals surface area contributed by atoms with Crippen molar-refractivity contribution in [1.82, 2.24) is 10.3 Å². The lowest BCUT2D eigenvalue weighted by atomic mass is 9.86. The van der Waals surface area contributed by atoms with Gasteiger partial charge in [-0.05, 0) is 62.1 Å². The summed E-state index contributed by atoms with van der Waals surface area (Å²) >= 11 is 0. The second-order valence-corrected chi connectivity index (χ2v) is 9.60. The molecule has 1 fully saturated rings. The van der Waals surface area contributed by atoms with Crippen molar-refractivity contribution in [3.8, 4) is 0 Å². The Morgan fingerprint density at radius 1 is 1.06 bits per heavy atom. The first-order valence-corrected chi connectivity index (χ1v) is 12.4. The highest BCUT2D eigenvalue weighted by atomic mass is 16.2. The molecule has 1 aliphatic rings. The van der Waals surface area contributed by atoms with Gasteiger partial charge in [0.1, 0.15) is 5.82 Å². The summed E-state index contributed by atoms with van der Waals surface area (Å²) in [6, 6.07) is 16.9. The first-order valence-electron chi connectivity index (χ1n) is 12.4. The monoisotopic (exact) mass is 459 g/mol. The first kappa shape index (κ1) is 23.9. The molecule has 6 nitrogen and oxygen atoms in total. The number of carbonyl (C=O) groups is 1. The minimum Gasteiger partial charge on any atom is -0.377 e. The lowest BCUT2D eigenvalue weighted by Crippen LogP contribution is -2.36. The van der Waals surface area contributed by atoms with Crippen LogP contribution in [-0.2, 0) is 6.42 Å². The average molecular weight is 460 g/mol. The zero-order chi connectivity index (χ0) is 24.1. The van der Waals surface area contributed by atoms with Crippen molar-refractivity contribution in [1.29, 1.82) is 0 Å². The number of rotatable bonds is 7. The Morgan fingerprint density at radius 2 is 1.82 bits per heavy atom. The number of hydrogen-bond donors (Lipinski definition) is 3. The number of fused-ring (bicyclic) bond motifs is 1. The zero-order valence-electron chi connectivity index (χ0n) is 20.8. The number of benzene rings is 2. The molecular formula is C28H37N5O. The molecule has 0 radical (unpaired) electrons. The van der Waals surface area contributed by atoms with Crippen LogP contribution in [0.15, 0.2) is 48.5 Å². The topological polar surface area (TPSA) is 69.3 Å². The van der Waals surface area contributed by atoms with Crippen molar-refractivity contribution in [2.45, 2.75) is 52.0 Å². The Kier molecular flexibility index (Phi) is 7.56. The minimum absolute atomic E-state index is 0.110. The van der Waals surface area contributed by atoms with Gasteiger partial charge in [-0.1, -0.05) is 43.3 Å². The van der Waals surface area contributed by atoms with E-state index in [1.807, 2.05) is 25.1 Å². The second kappa shape index (κ2) is 10.8. The Labute approximate surface area is 203 Å². The van der Waals surface area contributed by atoms with Gasteiger partial charge in [-0.25, -0.2) is 9.78 Å². The van der Waals surface area contributed by atoms with Crippen molar-refractivity contribution in [3.05, 3.63) is 59.7 Å². The Bertz CT molecular complexity index is 1130. The molecule has 1 aliphatic carbocycles. The van der Waals surface area contributed by atoms with Crippen LogP contribution < -0.4 is 20.9 Å². The minimum atomic E-state index is -0.110. The number of nitrogens with zero attached hydrogens (tertiary/aromatic N) is 2. The normalized spacial score (nSPS) is 17.9. The number of aryl methyl sites for hydroxylation is 2. The van der Waals surface area contributed by atoms with E-state index in [2.05, 4.69) is 72.2 Å². The standard InChI is InChI=1S/C28H37N5O/c1-5-21-10-8-9-19(2)27(21)32-28(34)29-18-20-13-15-22(16-14-20)30-26-17-25(33(3)4)23-11-6-7-12-24(23)31-26/h6-12,17,20,22H,5,13-16,18H2,1-4H3,(H,30,31)(H2,29,32,34)/t20-,22+. The van der Waals surface area contributed by atoms with Crippen LogP contribution in [0.25, 0.3) is 10.9 Å². The van der Waals surface area contributed by atoms with Crippen molar-refractivity contribution in [3.63, 3.8) is 0 Å². The van der Waals surface area contributed by atoms with Gasteiger partial charge in [0.25, 0.3) is 0 Å². The molecule has 0 unspecified atom stereocenters. The van der Waals surface area contributed by atoms with Crippen LogP contribution in [0.1, 0.15) is 43.7 Å². The summed E-state index contributed by atoms with van der Waals surface area (Å²) in [5, 5.41) is 11.0. The van der Waals surface area contributed by atoms with E-state index in [4.69, 9.17) is 4.98 Å². The molecule has 0 bridgehead atoms. The molecule has 0 atom stereocenters. The van der Waals surface area contributed by atoms with Crippen molar-refractivity contribution in [2.24, 2.45) is 5.92 Å². The van der Waals surface area contributed by atoms with E-state index >= 15 is 0 Å². The number of anilines is 3. The molecule has 3 N–H and O–H groups in total. The van der Waals surface area contributed by atoms with Crippen LogP contribution >= 0.6 is 0 Å². The van der Waals surface area contributed by atoms with Gasteiger partial charge in [-0.3, -0.25) is 0 Å². The summed E-state index contributed by atoms with van der Waals surface area (Å²) in [5.74, 6) is 1.45. The molecule has 34 heavy (non-hydrogen) atoms. The number of pyridine rings is 1. The number of hydrogen-bond acceptors (Lipinski definition) is 4. The molecule has 3 aromatic rings. The van der Waals surface area contributed by atoms with Crippen molar-refractivity contribution in [2.75, 3.05) is 36.2 Å². The quantitative estimate of drug-likeness (QED) is 0.407. The molecule has 0 saturated heterocycles. The van der Waals surface area contributed by atoms with Crippen molar-refractivity contribution >= 4 is 34.1 Å². The molecule has 1 saturated carbocycles. The number of para-hydroxylation sites is 2. The number of carbonyl (C=O) groups excluding carboxylic acids is 1. The lowest BCUT2D eigenvalue weighted by molar-refractivity contribution is 0.246. The van der Waals surface area contributed by atoms with E-state index in [9.17, 15) is 4.79 Å². The summed E-state index contributed by atoms with van der Waals surface area (Å²) in [6.45, 7) is 4.86. The van der Waals surface area contributed by atoms with Gasteiger partial charge in [0.15, 0.2) is 0 Å². The van der Waals surface area contributed by atoms with Gasteiger partial charge in [-0.15, -0.1) is 0 Å². The molecule has 180 valence electrons. The highest BCUT2D eigenvalue weighted by Crippen LogP contribution is 2.30. The third-order valence-electron chi connectivity index (χ3n) is 6.90. The van der Waals surface area contributed by atoms with Gasteiger partial charge < -0.3 is 20.9 Å². The third-order valence-corrected chi connectivity index (χ3v) is 6.90. The van der Waals surface area contributed by atoms with Crippen LogP contribution in [0.5, 0.6) is 0 Å². The van der Waals surface area contributed by atoms with Gasteiger partial charge in [0.2, 0.25) is 0 Å². The van der Waals surface area contributed by atoms with E-state index in [1.54, 1.807) is 0 Å². The summed E-state index contributed by atoms with van der Waals surface area (Å²) in [6.07, 6.45) is 5.25. The molecule has 2 aromatic carbocycles. The highest BCUT2D eigenvalue weighted by molar-refractivity contribution is 5.93. The number of aromatic nitrogens is 1. The van der Waals surface area contributed by atoms with E-state index in [0.717, 1.165) is 54.7 Å². The van der Waals surface area contributed by atoms with E-state index in [-0.39, 0.29) is 6.03 Å². The summed E-state index contributed by atoms with van der Waals surface area (Å²) in [5.41, 5.74) is 5.40. The van der Waals surface area contributed by atoms with Crippen LogP contribution in [0.3, 0.4) is 0 Å². The van der Waals surface area contributed by atoms with Crippen LogP contribution in [0.4, 0.5) is 22.0 Å². The van der Waals surface area contributed by atoms with Crippen molar-refractivity contribution < 1.29 is 4.79 Å². The Balaban J connectivity index is 1.28. The fraction of sp³-hybridized carbons (Fsp3) is 0.429. The van der Waals surface area contributed by atoms with E-state index in [1.165, 1.54) is 16.6 Å². The summed E-state index contributed by atoms with van der Waals surface area (Å²) in [4.78, 5) is 19.5. The molecule has 4 rings (SSSR count). The van der Waals surface area contributed by atoms with Gasteiger partial charge >= 0.3 is 6.03 Å². The third kappa shape index (κ3) is 5.61. The van der Waals surface area contributed by atoms with Crippen LogP contribution in [0.2, 0.25) is 0 Å². The Hall–Kier alpha value is -3.28. The summed E-state index contributed by atoms with van der Waals surface area (Å²) < 4.78 is 0. The average Bonchev–Trinajstić information content (AvgIpc) is 2.84. The molecule has 0 spiro atoms. The fourth-order valence-electron chi connectivity index (χ4n) is 4.92. The predicted octanol–water partition coefficient (Wildman–Crippen LogP) is 5.96. The van der Waals surface area contributed by atoms with E-state index in [0.29, 0.717) is 18.5 Å². The SMILES string of the molecule is CCc1cccc(C)c1NC(=O)NC[C@H]1CC[C@@H](Nc2cc(N(C)C)c3ccccc3n2)CC1.